The van der Waals surface area contributed by atoms with E-state index >= 15 is 0 Å². The number of methoxy groups -OCH3 is 1. The number of nitrogens with two attached hydrogens (primary N) is 1. The molecule has 0 bridgehead atoms. The van der Waals surface area contributed by atoms with Gasteiger partial charge in [-0.25, -0.2) is 9.98 Å². The maximum Gasteiger partial charge on any atom is 0.249 e. The first-order valence-electron chi connectivity index (χ1n) is 10.4. The molecule has 1 saturated heterocycles. The summed E-state index contributed by atoms with van der Waals surface area (Å²) in [5.74, 6) is 0.940. The van der Waals surface area contributed by atoms with Gasteiger partial charge in [-0.3, -0.25) is 9.59 Å². The van der Waals surface area contributed by atoms with Gasteiger partial charge in [-0.05, 0) is 42.3 Å². The zero-order valence-electron chi connectivity index (χ0n) is 18.7. The topological polar surface area (TPSA) is 101 Å². The molecule has 1 aliphatic rings. The van der Waals surface area contributed by atoms with Gasteiger partial charge in [0.1, 0.15) is 29.5 Å². The van der Waals surface area contributed by atoms with Gasteiger partial charge in [-0.15, -0.1) is 0 Å². The zero-order chi connectivity index (χ0) is 24.0. The number of ether oxygens (including phenoxy) is 1. The Morgan fingerprint density at radius 2 is 1.94 bits per heavy atom. The molecule has 2 aromatic rings. The highest BCUT2D eigenvalue weighted by Gasteiger charge is 2.39. The van der Waals surface area contributed by atoms with Crippen LogP contribution in [-0.2, 0) is 11.3 Å². The molecule has 33 heavy (non-hydrogen) atoms. The molecule has 9 heteroatoms. The monoisotopic (exact) mass is 511 g/mol. The van der Waals surface area contributed by atoms with E-state index in [0.29, 0.717) is 41.5 Å². The summed E-state index contributed by atoms with van der Waals surface area (Å²) in [7, 11) is 3.22. The summed E-state index contributed by atoms with van der Waals surface area (Å²) in [6.07, 6.45) is 4.02. The highest BCUT2D eigenvalue weighted by atomic mass is 79.9. The first kappa shape index (κ1) is 24.2. The standard InChI is InChI=1S/C24H26BrN5O3/c1-4-20-24(32)29(2)21(12-27-15-26)23(30(20)13-16-5-8-18(25)9-6-16)28-19-10-7-17(14-31)11-22(19)33-3/h5-12,14-15,20H,4,13H2,1-3H3,(H2,26,27)/b21-12+,28-23?. The van der Waals surface area contributed by atoms with E-state index in [1.54, 1.807) is 30.1 Å². The quantitative estimate of drug-likeness (QED) is 0.345. The molecule has 1 heterocycles. The number of aldehydes is 1. The molecule has 2 N–H and O–H groups in total. The van der Waals surface area contributed by atoms with Crippen molar-refractivity contribution in [3.63, 3.8) is 0 Å². The van der Waals surface area contributed by atoms with Crippen molar-refractivity contribution < 1.29 is 14.3 Å². The Morgan fingerprint density at radius 3 is 2.55 bits per heavy atom. The molecular weight excluding hydrogens is 486 g/mol. The first-order chi connectivity index (χ1) is 15.9. The van der Waals surface area contributed by atoms with E-state index in [0.717, 1.165) is 22.7 Å². The number of carbonyl (C=O) groups excluding carboxylic acids is 2. The van der Waals surface area contributed by atoms with Crippen LogP contribution in [0.1, 0.15) is 29.3 Å². The van der Waals surface area contributed by atoms with E-state index in [2.05, 4.69) is 20.9 Å². The van der Waals surface area contributed by atoms with Crippen LogP contribution in [-0.4, -0.2) is 54.4 Å². The summed E-state index contributed by atoms with van der Waals surface area (Å²) in [6, 6.07) is 12.5. The molecular formula is C24H26BrN5O3. The average molecular weight is 512 g/mol. The van der Waals surface area contributed by atoms with Crippen LogP contribution >= 0.6 is 15.9 Å². The molecule has 0 saturated carbocycles. The van der Waals surface area contributed by atoms with Gasteiger partial charge < -0.3 is 20.3 Å². The third-order valence-corrected chi connectivity index (χ3v) is 5.89. The minimum Gasteiger partial charge on any atom is -0.494 e. The number of hydrogen-bond acceptors (Lipinski definition) is 5. The molecule has 1 fully saturated rings. The number of carbonyl (C=O) groups is 2. The van der Waals surface area contributed by atoms with Crippen molar-refractivity contribution >= 4 is 46.0 Å². The smallest absolute Gasteiger partial charge is 0.249 e. The predicted molar refractivity (Wildman–Crippen MR) is 133 cm³/mol. The van der Waals surface area contributed by atoms with Gasteiger partial charge in [0.25, 0.3) is 0 Å². The number of amides is 1. The lowest BCUT2D eigenvalue weighted by Gasteiger charge is -2.42. The number of nitrogens with zero attached hydrogens (tertiary/aromatic N) is 4. The van der Waals surface area contributed by atoms with Gasteiger partial charge in [0.05, 0.1) is 19.6 Å². The largest absolute Gasteiger partial charge is 0.494 e. The highest BCUT2D eigenvalue weighted by Crippen LogP contribution is 2.32. The van der Waals surface area contributed by atoms with Gasteiger partial charge in [0.15, 0.2) is 5.84 Å². The molecule has 1 unspecified atom stereocenters. The second kappa shape index (κ2) is 10.9. The van der Waals surface area contributed by atoms with Crippen molar-refractivity contribution in [1.29, 1.82) is 0 Å². The fourth-order valence-corrected chi connectivity index (χ4v) is 3.90. The van der Waals surface area contributed by atoms with Crippen molar-refractivity contribution in [3.05, 3.63) is 70.0 Å². The molecule has 2 aromatic carbocycles. The summed E-state index contributed by atoms with van der Waals surface area (Å²) in [4.78, 5) is 36.9. The molecule has 0 spiro atoms. The normalized spacial score (nSPS) is 19.0. The summed E-state index contributed by atoms with van der Waals surface area (Å²) in [5, 5.41) is 0. The summed E-state index contributed by atoms with van der Waals surface area (Å²) >= 11 is 3.46. The van der Waals surface area contributed by atoms with E-state index in [1.807, 2.05) is 36.1 Å². The number of amidine groups is 1. The second-order valence-electron chi connectivity index (χ2n) is 7.37. The number of benzene rings is 2. The van der Waals surface area contributed by atoms with Gasteiger partial charge >= 0.3 is 0 Å². The third kappa shape index (κ3) is 5.31. The molecule has 8 nitrogen and oxygen atoms in total. The Bertz CT molecular complexity index is 1110. The number of rotatable bonds is 7. The lowest BCUT2D eigenvalue weighted by atomic mass is 10.0. The van der Waals surface area contributed by atoms with Gasteiger partial charge in [-0.1, -0.05) is 35.0 Å². The van der Waals surface area contributed by atoms with Crippen molar-refractivity contribution in [2.45, 2.75) is 25.9 Å². The lowest BCUT2D eigenvalue weighted by Crippen LogP contribution is -2.56. The fraction of sp³-hybridized carbons (Fsp3) is 0.250. The maximum absolute atomic E-state index is 13.2. The summed E-state index contributed by atoms with van der Waals surface area (Å²) in [5.41, 5.74) is 8.01. The minimum absolute atomic E-state index is 0.0599. The molecule has 1 atom stereocenters. The second-order valence-corrected chi connectivity index (χ2v) is 8.29. The molecule has 1 amide bonds. The summed E-state index contributed by atoms with van der Waals surface area (Å²) in [6.45, 7) is 2.43. The Balaban J connectivity index is 2.20. The Kier molecular flexibility index (Phi) is 8.00. The lowest BCUT2D eigenvalue weighted by molar-refractivity contribution is -0.133. The number of piperazine rings is 1. The van der Waals surface area contributed by atoms with E-state index in [-0.39, 0.29) is 5.91 Å². The number of halogens is 1. The van der Waals surface area contributed by atoms with Crippen LogP contribution in [0.25, 0.3) is 0 Å². The number of hydrogen-bond donors (Lipinski definition) is 1. The van der Waals surface area contributed by atoms with Gasteiger partial charge in [0, 0.05) is 23.6 Å². The maximum atomic E-state index is 13.2. The Morgan fingerprint density at radius 1 is 1.21 bits per heavy atom. The van der Waals surface area contributed by atoms with Crippen LogP contribution in [0, 0.1) is 0 Å². The predicted octanol–water partition coefficient (Wildman–Crippen LogP) is 3.88. The molecule has 0 radical (unpaired) electrons. The third-order valence-electron chi connectivity index (χ3n) is 5.36. The van der Waals surface area contributed by atoms with Crippen molar-refractivity contribution in [2.24, 2.45) is 15.7 Å². The van der Waals surface area contributed by atoms with Crippen molar-refractivity contribution in [3.8, 4) is 5.75 Å². The van der Waals surface area contributed by atoms with Crippen molar-refractivity contribution in [2.75, 3.05) is 14.2 Å². The molecule has 3 rings (SSSR count). The molecule has 0 aromatic heterocycles. The van der Waals surface area contributed by atoms with E-state index in [9.17, 15) is 9.59 Å². The van der Waals surface area contributed by atoms with Crippen LogP contribution in [0.15, 0.2) is 68.8 Å². The van der Waals surface area contributed by atoms with E-state index in [4.69, 9.17) is 15.5 Å². The van der Waals surface area contributed by atoms with Crippen molar-refractivity contribution in [1.82, 2.24) is 9.80 Å². The molecule has 0 aliphatic carbocycles. The molecule has 172 valence electrons. The first-order valence-corrected chi connectivity index (χ1v) is 11.2. The highest BCUT2D eigenvalue weighted by molar-refractivity contribution is 9.10. The Hall–Kier alpha value is -3.46. The van der Waals surface area contributed by atoms with E-state index < -0.39 is 6.04 Å². The van der Waals surface area contributed by atoms with E-state index in [1.165, 1.54) is 13.3 Å². The number of likely N-dealkylation sites (N-methyl/N-ethyl adjacent to an activating group) is 1. The number of aliphatic imine (C=N–C) groups is 2. The summed E-state index contributed by atoms with van der Waals surface area (Å²) < 4.78 is 6.45. The van der Waals surface area contributed by atoms with Crippen LogP contribution in [0.3, 0.4) is 0 Å². The van der Waals surface area contributed by atoms with Crippen LogP contribution < -0.4 is 10.5 Å². The average Bonchev–Trinajstić information content (AvgIpc) is 2.83. The zero-order valence-corrected chi connectivity index (χ0v) is 20.3. The van der Waals surface area contributed by atoms with Crippen LogP contribution in [0.4, 0.5) is 5.69 Å². The van der Waals surface area contributed by atoms with Gasteiger partial charge in [-0.2, -0.15) is 0 Å². The Labute approximate surface area is 201 Å². The SMILES string of the molecule is CCC1C(=O)N(C)/C(=C/N=CN)C(=Nc2ccc(C=O)cc2OC)N1Cc1ccc(Br)cc1. The minimum atomic E-state index is -0.420. The molecule has 1 aliphatic heterocycles. The van der Waals surface area contributed by atoms with Crippen LogP contribution in [0.5, 0.6) is 5.75 Å². The van der Waals surface area contributed by atoms with Crippen LogP contribution in [0.2, 0.25) is 0 Å². The fourth-order valence-electron chi connectivity index (χ4n) is 3.64. The van der Waals surface area contributed by atoms with Gasteiger partial charge in [0.2, 0.25) is 5.91 Å².